The molecule has 2 amide bonds. The van der Waals surface area contributed by atoms with Gasteiger partial charge in [0.15, 0.2) is 0 Å². The molecule has 1 fully saturated rings. The second-order valence-corrected chi connectivity index (χ2v) is 15.2. The van der Waals surface area contributed by atoms with Crippen molar-refractivity contribution in [3.63, 3.8) is 0 Å². The Balaban J connectivity index is 1.56. The average molecular weight is 717 g/mol. The highest BCUT2D eigenvalue weighted by atomic mass is 79.9. The molecule has 1 aliphatic rings. The standard InChI is InChI=1S/C38H42BrN3O4S/c1-28(2)31-20-22-34(23-21-31)42(47(45,46)35-18-7-4-8-19-35)27-37(43)41(26-30-14-11-15-32(39)24-30)36(25-29-12-5-3-6-13-29)38(44)40-33-16-9-10-17-33/h3-8,11-15,18-24,28,33,36H,9-10,16-17,25-27H2,1-2H3,(H,40,44)/t36-/m1/s1. The molecule has 4 aromatic rings. The number of hydrogen-bond acceptors (Lipinski definition) is 4. The number of hydrogen-bond donors (Lipinski definition) is 1. The van der Waals surface area contributed by atoms with Gasteiger partial charge in [0.25, 0.3) is 10.0 Å². The van der Waals surface area contributed by atoms with Gasteiger partial charge in [0.1, 0.15) is 12.6 Å². The van der Waals surface area contributed by atoms with Gasteiger partial charge >= 0.3 is 0 Å². The van der Waals surface area contributed by atoms with E-state index in [2.05, 4.69) is 35.1 Å². The Kier molecular flexibility index (Phi) is 11.5. The van der Waals surface area contributed by atoms with Crippen molar-refractivity contribution in [3.8, 4) is 0 Å². The van der Waals surface area contributed by atoms with Crippen LogP contribution in [-0.2, 0) is 32.6 Å². The molecule has 0 unspecified atom stereocenters. The average Bonchev–Trinajstić information content (AvgIpc) is 3.59. The topological polar surface area (TPSA) is 86.8 Å². The van der Waals surface area contributed by atoms with Crippen molar-refractivity contribution < 1.29 is 18.0 Å². The summed E-state index contributed by atoms with van der Waals surface area (Å²) in [5.41, 5.74) is 3.16. The third-order valence-electron chi connectivity index (χ3n) is 8.67. The van der Waals surface area contributed by atoms with Crippen LogP contribution in [0.1, 0.15) is 62.1 Å². The summed E-state index contributed by atoms with van der Waals surface area (Å²) in [5, 5.41) is 3.22. The van der Waals surface area contributed by atoms with Crippen molar-refractivity contribution in [2.24, 2.45) is 0 Å². The quantitative estimate of drug-likeness (QED) is 0.156. The van der Waals surface area contributed by atoms with Crippen LogP contribution >= 0.6 is 15.9 Å². The van der Waals surface area contributed by atoms with Gasteiger partial charge in [0.05, 0.1) is 10.6 Å². The van der Waals surface area contributed by atoms with Crippen LogP contribution < -0.4 is 9.62 Å². The molecule has 5 rings (SSSR count). The van der Waals surface area contributed by atoms with Crippen molar-refractivity contribution in [2.75, 3.05) is 10.8 Å². The summed E-state index contributed by atoms with van der Waals surface area (Å²) in [5.74, 6) is -0.453. The van der Waals surface area contributed by atoms with E-state index >= 15 is 0 Å². The molecule has 0 aromatic heterocycles. The first kappa shape index (κ1) is 34.4. The monoisotopic (exact) mass is 715 g/mol. The molecule has 1 atom stereocenters. The van der Waals surface area contributed by atoms with Crippen molar-refractivity contribution in [3.05, 3.63) is 130 Å². The molecular weight excluding hydrogens is 674 g/mol. The van der Waals surface area contributed by atoms with Gasteiger partial charge in [-0.3, -0.25) is 13.9 Å². The van der Waals surface area contributed by atoms with E-state index in [0.717, 1.165) is 51.2 Å². The van der Waals surface area contributed by atoms with Gasteiger partial charge in [-0.15, -0.1) is 0 Å². The summed E-state index contributed by atoms with van der Waals surface area (Å²) in [7, 11) is -4.14. The van der Waals surface area contributed by atoms with E-state index in [4.69, 9.17) is 0 Å². The number of carbonyl (C=O) groups excluding carboxylic acids is 2. The molecule has 1 saturated carbocycles. The third kappa shape index (κ3) is 8.90. The Morgan fingerprint density at radius 1 is 0.830 bits per heavy atom. The minimum atomic E-state index is -4.14. The molecule has 0 radical (unpaired) electrons. The lowest BCUT2D eigenvalue weighted by Gasteiger charge is -2.34. The highest BCUT2D eigenvalue weighted by Crippen LogP contribution is 2.27. The number of carbonyl (C=O) groups is 2. The lowest BCUT2D eigenvalue weighted by atomic mass is 10.0. The lowest BCUT2D eigenvalue weighted by molar-refractivity contribution is -0.140. The summed E-state index contributed by atoms with van der Waals surface area (Å²) in [6.45, 7) is 3.79. The summed E-state index contributed by atoms with van der Waals surface area (Å²) >= 11 is 3.54. The number of benzene rings is 4. The fourth-order valence-electron chi connectivity index (χ4n) is 6.03. The summed E-state index contributed by atoms with van der Waals surface area (Å²) in [4.78, 5) is 30.4. The number of amides is 2. The summed E-state index contributed by atoms with van der Waals surface area (Å²) in [6, 6.07) is 31.8. The van der Waals surface area contributed by atoms with Crippen LogP contribution in [-0.4, -0.2) is 43.8 Å². The van der Waals surface area contributed by atoms with Crippen LogP contribution in [0.5, 0.6) is 0 Å². The zero-order chi connectivity index (χ0) is 33.4. The number of nitrogens with zero attached hydrogens (tertiary/aromatic N) is 2. The Morgan fingerprint density at radius 2 is 1.45 bits per heavy atom. The smallest absolute Gasteiger partial charge is 0.264 e. The zero-order valence-corrected chi connectivity index (χ0v) is 29.3. The van der Waals surface area contributed by atoms with Gasteiger partial charge in [0.2, 0.25) is 11.8 Å². The minimum absolute atomic E-state index is 0.0537. The maximum absolute atomic E-state index is 14.7. The van der Waals surface area contributed by atoms with E-state index in [1.54, 1.807) is 35.2 Å². The normalized spacial score (nSPS) is 14.1. The third-order valence-corrected chi connectivity index (χ3v) is 11.0. The molecular formula is C38H42BrN3O4S. The first-order chi connectivity index (χ1) is 22.6. The molecule has 1 N–H and O–H groups in total. The number of sulfonamides is 1. The molecule has 246 valence electrons. The van der Waals surface area contributed by atoms with E-state index in [1.165, 1.54) is 12.1 Å². The van der Waals surface area contributed by atoms with Crippen LogP contribution in [0.2, 0.25) is 0 Å². The Bertz CT molecular complexity index is 1740. The molecule has 47 heavy (non-hydrogen) atoms. The second kappa shape index (κ2) is 15.8. The Morgan fingerprint density at radius 3 is 2.06 bits per heavy atom. The zero-order valence-electron chi connectivity index (χ0n) is 26.9. The fourth-order valence-corrected chi connectivity index (χ4v) is 7.91. The molecule has 0 bridgehead atoms. The van der Waals surface area contributed by atoms with Crippen molar-refractivity contribution >= 4 is 43.5 Å². The van der Waals surface area contributed by atoms with E-state index in [9.17, 15) is 18.0 Å². The van der Waals surface area contributed by atoms with E-state index in [0.29, 0.717) is 5.69 Å². The summed E-state index contributed by atoms with van der Waals surface area (Å²) in [6.07, 6.45) is 4.19. The van der Waals surface area contributed by atoms with Crippen LogP contribution in [0.15, 0.2) is 119 Å². The first-order valence-electron chi connectivity index (χ1n) is 16.2. The van der Waals surface area contributed by atoms with E-state index < -0.39 is 28.5 Å². The van der Waals surface area contributed by atoms with Gasteiger partial charge in [-0.05, 0) is 71.8 Å². The van der Waals surface area contributed by atoms with Crippen molar-refractivity contribution in [1.82, 2.24) is 10.2 Å². The lowest BCUT2D eigenvalue weighted by Crippen LogP contribution is -2.54. The number of anilines is 1. The molecule has 0 spiro atoms. The maximum Gasteiger partial charge on any atom is 0.264 e. The van der Waals surface area contributed by atoms with Gasteiger partial charge in [-0.25, -0.2) is 8.42 Å². The number of rotatable bonds is 13. The fraction of sp³-hybridized carbons (Fsp3) is 0.316. The van der Waals surface area contributed by atoms with Gasteiger partial charge in [0, 0.05) is 23.5 Å². The van der Waals surface area contributed by atoms with Gasteiger partial charge < -0.3 is 10.2 Å². The predicted molar refractivity (Wildman–Crippen MR) is 191 cm³/mol. The largest absolute Gasteiger partial charge is 0.352 e. The predicted octanol–water partition coefficient (Wildman–Crippen LogP) is 7.47. The van der Waals surface area contributed by atoms with E-state index in [1.807, 2.05) is 66.7 Å². The molecule has 7 nitrogen and oxygen atoms in total. The highest BCUT2D eigenvalue weighted by molar-refractivity contribution is 9.10. The summed E-state index contributed by atoms with van der Waals surface area (Å²) < 4.78 is 30.4. The highest BCUT2D eigenvalue weighted by Gasteiger charge is 2.35. The van der Waals surface area contributed by atoms with Gasteiger partial charge in [-0.1, -0.05) is 115 Å². The first-order valence-corrected chi connectivity index (χ1v) is 18.4. The SMILES string of the molecule is CC(C)c1ccc(N(CC(=O)N(Cc2cccc(Br)c2)[C@H](Cc2ccccc2)C(=O)NC2CCCC2)S(=O)(=O)c2ccccc2)cc1. The van der Waals surface area contributed by atoms with Crippen molar-refractivity contribution in [2.45, 2.75) is 75.4 Å². The second-order valence-electron chi connectivity index (χ2n) is 12.4. The van der Waals surface area contributed by atoms with Gasteiger partial charge in [-0.2, -0.15) is 0 Å². The van der Waals surface area contributed by atoms with Crippen LogP contribution in [0.4, 0.5) is 5.69 Å². The minimum Gasteiger partial charge on any atom is -0.352 e. The molecule has 1 aliphatic carbocycles. The maximum atomic E-state index is 14.7. The number of nitrogens with one attached hydrogen (secondary N) is 1. The van der Waals surface area contributed by atoms with Crippen LogP contribution in [0.3, 0.4) is 0 Å². The molecule has 0 aliphatic heterocycles. The molecule has 9 heteroatoms. The number of halogens is 1. The Hall–Kier alpha value is -3.95. The Labute approximate surface area is 287 Å². The molecule has 0 heterocycles. The van der Waals surface area contributed by atoms with Crippen molar-refractivity contribution in [1.29, 1.82) is 0 Å². The van der Waals surface area contributed by atoms with Crippen LogP contribution in [0.25, 0.3) is 0 Å². The van der Waals surface area contributed by atoms with Crippen LogP contribution in [0, 0.1) is 0 Å². The van der Waals surface area contributed by atoms with E-state index in [-0.39, 0.29) is 35.7 Å². The molecule has 0 saturated heterocycles. The molecule has 4 aromatic carbocycles.